The summed E-state index contributed by atoms with van der Waals surface area (Å²) in [4.78, 5) is 4.31. The van der Waals surface area contributed by atoms with Gasteiger partial charge in [0.25, 0.3) is 0 Å². The van der Waals surface area contributed by atoms with E-state index in [9.17, 15) is 0 Å². The lowest BCUT2D eigenvalue weighted by atomic mass is 10.1. The predicted molar refractivity (Wildman–Crippen MR) is 68.3 cm³/mol. The molecular formula is C14H18N2. The molecule has 1 aromatic heterocycles. The maximum atomic E-state index is 4.31. The summed E-state index contributed by atoms with van der Waals surface area (Å²) in [6, 6.07) is 11.1. The average Bonchev–Trinajstić information content (AvgIpc) is 2.35. The van der Waals surface area contributed by atoms with Gasteiger partial charge in [-0.3, -0.25) is 4.98 Å². The second-order valence-corrected chi connectivity index (χ2v) is 4.22. The molecule has 0 spiro atoms. The highest BCUT2D eigenvalue weighted by Gasteiger charge is 1.99. The molecule has 0 saturated carbocycles. The van der Waals surface area contributed by atoms with E-state index in [1.165, 1.54) is 10.9 Å². The van der Waals surface area contributed by atoms with Crippen LogP contribution in [0.2, 0.25) is 0 Å². The quantitative estimate of drug-likeness (QED) is 0.845. The first-order valence-electron chi connectivity index (χ1n) is 5.86. The molecule has 0 aliphatic rings. The largest absolute Gasteiger partial charge is 0.310 e. The van der Waals surface area contributed by atoms with Gasteiger partial charge in [-0.1, -0.05) is 19.1 Å². The molecule has 0 aliphatic heterocycles. The number of nitrogens with one attached hydrogen (secondary N) is 1. The maximum absolute atomic E-state index is 4.31. The Kier molecular flexibility index (Phi) is 3.52. The van der Waals surface area contributed by atoms with Crippen molar-refractivity contribution < 1.29 is 0 Å². The number of nitrogens with zero attached hydrogens (tertiary/aromatic N) is 1. The minimum absolute atomic E-state index is 0.574. The molecule has 0 amide bonds. The van der Waals surface area contributed by atoms with Crippen molar-refractivity contribution in [2.75, 3.05) is 0 Å². The van der Waals surface area contributed by atoms with Crippen molar-refractivity contribution in [3.63, 3.8) is 0 Å². The summed E-state index contributed by atoms with van der Waals surface area (Å²) in [6.45, 7) is 5.34. The van der Waals surface area contributed by atoms with E-state index in [1.807, 2.05) is 12.3 Å². The van der Waals surface area contributed by atoms with Crippen LogP contribution in [0.3, 0.4) is 0 Å². The number of hydrogen-bond donors (Lipinski definition) is 1. The van der Waals surface area contributed by atoms with E-state index in [0.717, 1.165) is 18.5 Å². The Morgan fingerprint density at radius 2 is 2.19 bits per heavy atom. The molecule has 2 rings (SSSR count). The normalized spacial score (nSPS) is 12.9. The number of pyridine rings is 1. The first-order chi connectivity index (χ1) is 7.79. The Morgan fingerprint density at radius 3 is 3.00 bits per heavy atom. The minimum Gasteiger partial charge on any atom is -0.310 e. The highest BCUT2D eigenvalue weighted by atomic mass is 14.9. The highest BCUT2D eigenvalue weighted by Crippen LogP contribution is 2.13. The van der Waals surface area contributed by atoms with Crippen LogP contribution < -0.4 is 5.32 Å². The first kappa shape index (κ1) is 11.1. The van der Waals surface area contributed by atoms with E-state index < -0.39 is 0 Å². The molecule has 0 saturated heterocycles. The van der Waals surface area contributed by atoms with Crippen molar-refractivity contribution in [3.05, 3.63) is 42.1 Å². The van der Waals surface area contributed by atoms with E-state index in [2.05, 4.69) is 48.4 Å². The second-order valence-electron chi connectivity index (χ2n) is 4.22. The monoisotopic (exact) mass is 214 g/mol. The van der Waals surface area contributed by atoms with Crippen LogP contribution in [0.1, 0.15) is 25.8 Å². The van der Waals surface area contributed by atoms with Crippen LogP contribution in [0.4, 0.5) is 0 Å². The van der Waals surface area contributed by atoms with Crippen molar-refractivity contribution in [2.45, 2.75) is 32.9 Å². The number of fused-ring (bicyclic) bond motifs is 1. The Morgan fingerprint density at radius 1 is 1.31 bits per heavy atom. The van der Waals surface area contributed by atoms with Crippen LogP contribution >= 0.6 is 0 Å². The number of hydrogen-bond acceptors (Lipinski definition) is 2. The van der Waals surface area contributed by atoms with Gasteiger partial charge in [0.2, 0.25) is 0 Å². The zero-order chi connectivity index (χ0) is 11.4. The summed E-state index contributed by atoms with van der Waals surface area (Å²) < 4.78 is 0. The number of rotatable bonds is 4. The van der Waals surface area contributed by atoms with Crippen LogP contribution in [0.15, 0.2) is 36.5 Å². The second kappa shape index (κ2) is 5.08. The number of aromatic nitrogens is 1. The van der Waals surface area contributed by atoms with E-state index in [0.29, 0.717) is 6.04 Å². The van der Waals surface area contributed by atoms with Gasteiger partial charge in [-0.2, -0.15) is 0 Å². The molecule has 2 aromatic rings. The third-order valence-corrected chi connectivity index (χ3v) is 2.93. The lowest BCUT2D eigenvalue weighted by molar-refractivity contribution is 0.534. The molecule has 1 aromatic carbocycles. The molecule has 2 heteroatoms. The predicted octanol–water partition coefficient (Wildman–Crippen LogP) is 3.12. The zero-order valence-electron chi connectivity index (χ0n) is 9.90. The number of benzene rings is 1. The lowest BCUT2D eigenvalue weighted by Crippen LogP contribution is -2.24. The summed E-state index contributed by atoms with van der Waals surface area (Å²) in [5, 5.41) is 4.71. The SMILES string of the molecule is CCC(C)NCc1ccc2ncccc2c1. The summed E-state index contributed by atoms with van der Waals surface area (Å²) in [6.07, 6.45) is 2.99. The third kappa shape index (κ3) is 2.58. The first-order valence-corrected chi connectivity index (χ1v) is 5.86. The van der Waals surface area contributed by atoms with Gasteiger partial charge in [0.05, 0.1) is 5.52 Å². The summed E-state index contributed by atoms with van der Waals surface area (Å²) >= 11 is 0. The summed E-state index contributed by atoms with van der Waals surface area (Å²) in [5.74, 6) is 0. The minimum atomic E-state index is 0.574. The standard InChI is InChI=1S/C14H18N2/c1-3-11(2)16-10-12-6-7-14-13(9-12)5-4-8-15-14/h4-9,11,16H,3,10H2,1-2H3. The molecule has 1 N–H and O–H groups in total. The van der Waals surface area contributed by atoms with E-state index >= 15 is 0 Å². The summed E-state index contributed by atoms with van der Waals surface area (Å²) in [7, 11) is 0. The molecule has 0 aliphatic carbocycles. The van der Waals surface area contributed by atoms with Crippen LogP contribution in [-0.4, -0.2) is 11.0 Å². The Hall–Kier alpha value is -1.41. The van der Waals surface area contributed by atoms with Gasteiger partial charge >= 0.3 is 0 Å². The van der Waals surface area contributed by atoms with Crippen molar-refractivity contribution >= 4 is 10.9 Å². The Bertz CT molecular complexity index is 465. The summed E-state index contributed by atoms with van der Waals surface area (Å²) in [5.41, 5.74) is 2.38. The van der Waals surface area contributed by atoms with Gasteiger partial charge in [0, 0.05) is 24.2 Å². The molecule has 1 heterocycles. The van der Waals surface area contributed by atoms with Crippen LogP contribution in [-0.2, 0) is 6.54 Å². The molecule has 0 radical (unpaired) electrons. The van der Waals surface area contributed by atoms with Gasteiger partial charge < -0.3 is 5.32 Å². The Labute approximate surface area is 96.7 Å². The fourth-order valence-corrected chi connectivity index (χ4v) is 1.67. The van der Waals surface area contributed by atoms with Crippen LogP contribution in [0.25, 0.3) is 10.9 Å². The van der Waals surface area contributed by atoms with Gasteiger partial charge in [0.15, 0.2) is 0 Å². The lowest BCUT2D eigenvalue weighted by Gasteiger charge is -2.11. The Balaban J connectivity index is 2.13. The van der Waals surface area contributed by atoms with Crippen molar-refractivity contribution in [3.8, 4) is 0 Å². The van der Waals surface area contributed by atoms with Crippen LogP contribution in [0.5, 0.6) is 0 Å². The van der Waals surface area contributed by atoms with E-state index in [4.69, 9.17) is 0 Å². The molecule has 1 atom stereocenters. The third-order valence-electron chi connectivity index (χ3n) is 2.93. The van der Waals surface area contributed by atoms with Crippen molar-refractivity contribution in [1.82, 2.24) is 10.3 Å². The van der Waals surface area contributed by atoms with E-state index in [1.54, 1.807) is 0 Å². The zero-order valence-corrected chi connectivity index (χ0v) is 9.90. The van der Waals surface area contributed by atoms with Crippen molar-refractivity contribution in [1.29, 1.82) is 0 Å². The van der Waals surface area contributed by atoms with Gasteiger partial charge in [0.1, 0.15) is 0 Å². The molecule has 84 valence electrons. The molecule has 1 unspecified atom stereocenters. The fraction of sp³-hybridized carbons (Fsp3) is 0.357. The topological polar surface area (TPSA) is 24.9 Å². The fourth-order valence-electron chi connectivity index (χ4n) is 1.67. The smallest absolute Gasteiger partial charge is 0.0702 e. The van der Waals surface area contributed by atoms with Gasteiger partial charge in [-0.25, -0.2) is 0 Å². The van der Waals surface area contributed by atoms with Crippen LogP contribution in [0, 0.1) is 0 Å². The van der Waals surface area contributed by atoms with E-state index in [-0.39, 0.29) is 0 Å². The molecule has 16 heavy (non-hydrogen) atoms. The molecular weight excluding hydrogens is 196 g/mol. The maximum Gasteiger partial charge on any atom is 0.0702 e. The van der Waals surface area contributed by atoms with Gasteiger partial charge in [-0.05, 0) is 37.1 Å². The molecule has 0 fully saturated rings. The average molecular weight is 214 g/mol. The molecule has 0 bridgehead atoms. The highest BCUT2D eigenvalue weighted by molar-refractivity contribution is 5.78. The van der Waals surface area contributed by atoms with Crippen molar-refractivity contribution in [2.24, 2.45) is 0 Å². The molecule has 2 nitrogen and oxygen atoms in total. The van der Waals surface area contributed by atoms with Gasteiger partial charge in [-0.15, -0.1) is 0 Å².